The summed E-state index contributed by atoms with van der Waals surface area (Å²) in [6.07, 6.45) is 12.9. The van der Waals surface area contributed by atoms with Gasteiger partial charge in [-0.1, -0.05) is 36.4 Å². The Balaban J connectivity index is 1.44. The van der Waals surface area contributed by atoms with Gasteiger partial charge in [0.15, 0.2) is 5.78 Å². The maximum atomic E-state index is 12.4. The summed E-state index contributed by atoms with van der Waals surface area (Å²) in [6, 6.07) is 10.1. The van der Waals surface area contributed by atoms with Crippen LogP contribution in [0.2, 0.25) is 0 Å². The zero-order valence-corrected chi connectivity index (χ0v) is 12.6. The topological polar surface area (TPSA) is 17.1 Å². The van der Waals surface area contributed by atoms with E-state index in [1.165, 1.54) is 38.5 Å². The van der Waals surface area contributed by atoms with Crippen LogP contribution in [0.25, 0.3) is 6.08 Å². The van der Waals surface area contributed by atoms with Gasteiger partial charge in [-0.05, 0) is 73.3 Å². The predicted octanol–water partition coefficient (Wildman–Crippen LogP) is 4.88. The van der Waals surface area contributed by atoms with E-state index < -0.39 is 0 Å². The van der Waals surface area contributed by atoms with Crippen molar-refractivity contribution >= 4 is 11.9 Å². The van der Waals surface area contributed by atoms with Crippen LogP contribution in [0.3, 0.4) is 0 Å². The second kappa shape index (κ2) is 5.12. The summed E-state index contributed by atoms with van der Waals surface area (Å²) in [4.78, 5) is 12.4. The number of hydrogen-bond donors (Lipinski definition) is 0. The molecule has 0 saturated heterocycles. The maximum absolute atomic E-state index is 12.4. The highest BCUT2D eigenvalue weighted by molar-refractivity contribution is 5.94. The number of benzene rings is 1. The van der Waals surface area contributed by atoms with Crippen LogP contribution in [0.1, 0.15) is 50.5 Å². The lowest BCUT2D eigenvalue weighted by atomic mass is 9.48. The highest BCUT2D eigenvalue weighted by Crippen LogP contribution is 2.61. The molecule has 1 heteroatoms. The molecule has 0 radical (unpaired) electrons. The van der Waals surface area contributed by atoms with Crippen molar-refractivity contribution in [2.75, 3.05) is 0 Å². The van der Waals surface area contributed by atoms with E-state index in [-0.39, 0.29) is 0 Å². The van der Waals surface area contributed by atoms with E-state index in [2.05, 4.69) is 12.1 Å². The minimum absolute atomic E-state index is 0.334. The number of rotatable bonds is 4. The average molecular weight is 280 g/mol. The fraction of sp³-hybridized carbons (Fsp3) is 0.550. The number of carbonyl (C=O) groups is 1. The number of ketones is 1. The van der Waals surface area contributed by atoms with Crippen LogP contribution >= 0.6 is 0 Å². The van der Waals surface area contributed by atoms with Crippen molar-refractivity contribution in [1.82, 2.24) is 0 Å². The van der Waals surface area contributed by atoms with Gasteiger partial charge in [0.25, 0.3) is 0 Å². The van der Waals surface area contributed by atoms with Gasteiger partial charge in [0.05, 0.1) is 0 Å². The molecule has 0 aliphatic heterocycles. The number of carbonyl (C=O) groups excluding carboxylic acids is 1. The van der Waals surface area contributed by atoms with E-state index in [9.17, 15) is 4.79 Å². The van der Waals surface area contributed by atoms with Crippen LogP contribution in [0.15, 0.2) is 36.4 Å². The van der Waals surface area contributed by atoms with Gasteiger partial charge in [-0.25, -0.2) is 0 Å². The predicted molar refractivity (Wildman–Crippen MR) is 85.7 cm³/mol. The molecule has 4 aliphatic rings. The van der Waals surface area contributed by atoms with Crippen molar-refractivity contribution in [3.05, 3.63) is 42.0 Å². The average Bonchev–Trinajstić information content (AvgIpc) is 2.44. The molecule has 5 rings (SSSR count). The zero-order chi connectivity index (χ0) is 14.3. The van der Waals surface area contributed by atoms with Crippen LogP contribution in [0, 0.1) is 23.2 Å². The van der Waals surface area contributed by atoms with Gasteiger partial charge in [0.1, 0.15) is 0 Å². The lowest BCUT2D eigenvalue weighted by Gasteiger charge is -2.56. The first-order valence-corrected chi connectivity index (χ1v) is 8.47. The highest BCUT2D eigenvalue weighted by atomic mass is 16.1. The molecule has 0 spiro atoms. The van der Waals surface area contributed by atoms with Crippen molar-refractivity contribution in [3.63, 3.8) is 0 Å². The Hall–Kier alpha value is -1.37. The minimum Gasteiger partial charge on any atom is -0.295 e. The van der Waals surface area contributed by atoms with Crippen molar-refractivity contribution < 1.29 is 4.79 Å². The summed E-state index contributed by atoms with van der Waals surface area (Å²) in [7, 11) is 0. The van der Waals surface area contributed by atoms with Crippen molar-refractivity contribution in [2.45, 2.75) is 44.9 Å². The third-order valence-corrected chi connectivity index (χ3v) is 5.98. The Morgan fingerprint density at radius 1 is 1.00 bits per heavy atom. The van der Waals surface area contributed by atoms with Gasteiger partial charge >= 0.3 is 0 Å². The molecule has 4 aliphatic carbocycles. The monoisotopic (exact) mass is 280 g/mol. The molecule has 1 aromatic carbocycles. The maximum Gasteiger partial charge on any atom is 0.156 e. The third kappa shape index (κ3) is 2.71. The number of allylic oxidation sites excluding steroid dienone is 1. The largest absolute Gasteiger partial charge is 0.295 e. The summed E-state index contributed by atoms with van der Waals surface area (Å²) < 4.78 is 0. The summed E-state index contributed by atoms with van der Waals surface area (Å²) in [5.74, 6) is 3.13. The van der Waals surface area contributed by atoms with Gasteiger partial charge in [-0.15, -0.1) is 0 Å². The summed E-state index contributed by atoms with van der Waals surface area (Å²) >= 11 is 0. The van der Waals surface area contributed by atoms with Gasteiger partial charge in [-0.2, -0.15) is 0 Å². The highest BCUT2D eigenvalue weighted by Gasteiger charge is 2.51. The van der Waals surface area contributed by atoms with E-state index in [1.807, 2.05) is 30.4 Å². The first-order valence-electron chi connectivity index (χ1n) is 8.47. The summed E-state index contributed by atoms with van der Waals surface area (Å²) in [6.45, 7) is 0. The lowest BCUT2D eigenvalue weighted by Crippen LogP contribution is -2.46. The molecule has 0 unspecified atom stereocenters. The Morgan fingerprint density at radius 2 is 1.57 bits per heavy atom. The zero-order valence-electron chi connectivity index (χ0n) is 12.6. The smallest absolute Gasteiger partial charge is 0.156 e. The fourth-order valence-electron chi connectivity index (χ4n) is 5.69. The molecular formula is C20H24O. The van der Waals surface area contributed by atoms with E-state index in [1.54, 1.807) is 0 Å². The van der Waals surface area contributed by atoms with Crippen molar-refractivity contribution in [2.24, 2.45) is 23.2 Å². The molecule has 1 nitrogen and oxygen atoms in total. The minimum atomic E-state index is 0.334. The molecular weight excluding hydrogens is 256 g/mol. The third-order valence-electron chi connectivity index (χ3n) is 5.98. The van der Waals surface area contributed by atoms with Crippen molar-refractivity contribution in [1.29, 1.82) is 0 Å². The molecule has 4 bridgehead atoms. The van der Waals surface area contributed by atoms with Crippen LogP contribution in [0.4, 0.5) is 0 Å². The molecule has 4 saturated carbocycles. The van der Waals surface area contributed by atoms with Crippen LogP contribution in [-0.2, 0) is 4.79 Å². The Morgan fingerprint density at radius 3 is 2.14 bits per heavy atom. The summed E-state index contributed by atoms with van der Waals surface area (Å²) in [5, 5.41) is 0. The Bertz CT molecular complexity index is 519. The second-order valence-electron chi connectivity index (χ2n) is 7.80. The van der Waals surface area contributed by atoms with Gasteiger partial charge < -0.3 is 0 Å². The second-order valence-corrected chi connectivity index (χ2v) is 7.80. The van der Waals surface area contributed by atoms with Gasteiger partial charge in [0, 0.05) is 6.42 Å². The molecule has 110 valence electrons. The first-order chi connectivity index (χ1) is 10.2. The van der Waals surface area contributed by atoms with E-state index >= 15 is 0 Å². The standard InChI is InChI=1S/C20H24O/c21-19(7-6-15-4-2-1-3-5-15)14-20-11-16-8-17(12-20)10-18(9-16)13-20/h1-7,16-18H,8-14H2. The van der Waals surface area contributed by atoms with Gasteiger partial charge in [-0.3, -0.25) is 4.79 Å². The fourth-order valence-corrected chi connectivity index (χ4v) is 5.69. The molecule has 21 heavy (non-hydrogen) atoms. The van der Waals surface area contributed by atoms with Gasteiger partial charge in [0.2, 0.25) is 0 Å². The molecule has 0 amide bonds. The number of hydrogen-bond acceptors (Lipinski definition) is 1. The molecule has 0 heterocycles. The molecule has 4 fully saturated rings. The molecule has 0 aromatic heterocycles. The molecule has 0 N–H and O–H groups in total. The Labute approximate surface area is 127 Å². The normalized spacial score (nSPS) is 37.2. The molecule has 0 atom stereocenters. The lowest BCUT2D eigenvalue weighted by molar-refractivity contribution is -0.122. The SMILES string of the molecule is O=C(C=Cc1ccccc1)CC12CC3CC(CC(C3)C1)C2. The van der Waals surface area contributed by atoms with E-state index in [4.69, 9.17) is 0 Å². The molecule has 1 aromatic rings. The van der Waals surface area contributed by atoms with Crippen molar-refractivity contribution in [3.8, 4) is 0 Å². The van der Waals surface area contributed by atoms with E-state index in [0.717, 1.165) is 29.7 Å². The van der Waals surface area contributed by atoms with Crippen LogP contribution in [0.5, 0.6) is 0 Å². The quantitative estimate of drug-likeness (QED) is 0.719. The first kappa shape index (κ1) is 13.3. The van der Waals surface area contributed by atoms with Crippen LogP contribution < -0.4 is 0 Å². The summed E-state index contributed by atoms with van der Waals surface area (Å²) in [5.41, 5.74) is 1.49. The van der Waals surface area contributed by atoms with E-state index in [0.29, 0.717) is 11.2 Å². The Kier molecular flexibility index (Phi) is 3.24. The van der Waals surface area contributed by atoms with Crippen LogP contribution in [-0.4, -0.2) is 5.78 Å².